The Morgan fingerprint density at radius 2 is 0.500 bits per heavy atom. The SMILES string of the molecule is CC/C=C\C/C=C\C/C=C\C/C=C\C/C=C\C/C=C\CCCCCCCCCCCCC(=O)OCC(COC(=O)CC/C=C\C/C=C\C/C=C\C/C=C\CC)OC(=O)CCCCCCCCCCCCCCCCCCCCCCCC. The smallest absolute Gasteiger partial charge is 0.306 e. The number of hydrogen-bond donors (Lipinski definition) is 0. The molecule has 0 aromatic heterocycles. The van der Waals surface area contributed by atoms with Crippen molar-refractivity contribution in [2.75, 3.05) is 13.2 Å². The molecule has 6 nitrogen and oxygen atoms in total. The second-order valence-corrected chi connectivity index (χ2v) is 22.7. The van der Waals surface area contributed by atoms with Gasteiger partial charge in [-0.2, -0.15) is 0 Å². The molecule has 0 spiro atoms. The van der Waals surface area contributed by atoms with Gasteiger partial charge in [-0.15, -0.1) is 0 Å². The van der Waals surface area contributed by atoms with Crippen LogP contribution >= 0.6 is 0 Å². The molecule has 0 N–H and O–H groups in total. The Hall–Kier alpha value is -4.19. The van der Waals surface area contributed by atoms with Gasteiger partial charge in [-0.05, 0) is 96.3 Å². The summed E-state index contributed by atoms with van der Waals surface area (Å²) in [6.45, 7) is 6.38. The van der Waals surface area contributed by atoms with Crippen LogP contribution in [0.15, 0.2) is 122 Å². The van der Waals surface area contributed by atoms with Crippen molar-refractivity contribution in [2.45, 2.75) is 329 Å². The first kappa shape index (κ1) is 77.8. The number of allylic oxidation sites excluding steroid dienone is 20. The van der Waals surface area contributed by atoms with Gasteiger partial charge in [0.15, 0.2) is 6.10 Å². The van der Waals surface area contributed by atoms with Crippen LogP contribution in [0.3, 0.4) is 0 Å². The van der Waals surface area contributed by atoms with Gasteiger partial charge < -0.3 is 14.2 Å². The summed E-state index contributed by atoms with van der Waals surface area (Å²) in [7, 11) is 0. The first-order chi connectivity index (χ1) is 40.5. The lowest BCUT2D eigenvalue weighted by atomic mass is 10.0. The predicted octanol–water partition coefficient (Wildman–Crippen LogP) is 23.9. The van der Waals surface area contributed by atoms with Crippen molar-refractivity contribution in [2.24, 2.45) is 0 Å². The van der Waals surface area contributed by atoms with E-state index in [1.807, 2.05) is 6.08 Å². The molecule has 1 atom stereocenters. The summed E-state index contributed by atoms with van der Waals surface area (Å²) in [5.41, 5.74) is 0. The highest BCUT2D eigenvalue weighted by Crippen LogP contribution is 2.17. The topological polar surface area (TPSA) is 78.9 Å². The normalized spacial score (nSPS) is 12.9. The molecular formula is C76H128O6. The second-order valence-electron chi connectivity index (χ2n) is 22.7. The largest absolute Gasteiger partial charge is 0.462 e. The summed E-state index contributed by atoms with van der Waals surface area (Å²) in [4.78, 5) is 38.3. The minimum Gasteiger partial charge on any atom is -0.462 e. The van der Waals surface area contributed by atoms with Gasteiger partial charge in [-0.1, -0.05) is 328 Å². The molecule has 468 valence electrons. The molecule has 1 unspecified atom stereocenters. The number of esters is 3. The maximum atomic E-state index is 12.9. The zero-order chi connectivity index (χ0) is 59.2. The Balaban J connectivity index is 4.32. The van der Waals surface area contributed by atoms with Crippen LogP contribution in [-0.4, -0.2) is 37.2 Å². The quantitative estimate of drug-likeness (QED) is 0.0261. The van der Waals surface area contributed by atoms with E-state index in [4.69, 9.17) is 14.2 Å². The number of rotatable bonds is 62. The van der Waals surface area contributed by atoms with Crippen LogP contribution in [0.25, 0.3) is 0 Å². The number of hydrogen-bond acceptors (Lipinski definition) is 6. The standard InChI is InChI=1S/C76H128O6/c1-4-7-10-13-16-19-22-25-27-29-31-33-35-36-37-38-39-40-41-43-44-46-48-51-54-57-60-63-66-69-75(78)81-72-73(71-80-74(77)68-65-62-59-56-53-50-24-21-18-15-12-9-6-3)82-76(79)70-67-64-61-58-55-52-49-47-45-42-34-32-30-28-26-23-20-17-14-11-8-5-2/h7,9-10,12,16,18-19,21,25,27,31,33,36-37,39-40,50,53,59,62,73H,4-6,8,11,13-15,17,20,22-24,26,28-30,32,34-35,38,41-49,51-52,54-58,60-61,63-72H2,1-3H3/b10-7-,12-9-,19-16-,21-18-,27-25-,33-31-,37-36-,40-39-,53-50-,62-59-. The van der Waals surface area contributed by atoms with Gasteiger partial charge in [0.2, 0.25) is 0 Å². The van der Waals surface area contributed by atoms with E-state index in [1.165, 1.54) is 173 Å². The molecule has 0 aliphatic carbocycles. The summed E-state index contributed by atoms with van der Waals surface area (Å²) in [5, 5.41) is 0. The predicted molar refractivity (Wildman–Crippen MR) is 357 cm³/mol. The molecule has 82 heavy (non-hydrogen) atoms. The Morgan fingerprint density at radius 3 is 0.817 bits per heavy atom. The number of carbonyl (C=O) groups is 3. The number of ether oxygens (including phenoxy) is 3. The lowest BCUT2D eigenvalue weighted by Gasteiger charge is -2.18. The Bertz CT molecular complexity index is 1690. The van der Waals surface area contributed by atoms with E-state index in [1.54, 1.807) is 0 Å². The van der Waals surface area contributed by atoms with Crippen LogP contribution in [0.5, 0.6) is 0 Å². The van der Waals surface area contributed by atoms with E-state index in [-0.39, 0.29) is 37.5 Å². The summed E-state index contributed by atoms with van der Waals surface area (Å²) < 4.78 is 16.9. The summed E-state index contributed by atoms with van der Waals surface area (Å²) in [6.07, 6.45) is 96.7. The van der Waals surface area contributed by atoms with Gasteiger partial charge in [0.05, 0.1) is 0 Å². The Labute approximate surface area is 507 Å². The van der Waals surface area contributed by atoms with E-state index in [2.05, 4.69) is 136 Å². The van der Waals surface area contributed by atoms with Crippen LogP contribution in [0.2, 0.25) is 0 Å². The van der Waals surface area contributed by atoms with Gasteiger partial charge in [0.1, 0.15) is 13.2 Å². The number of unbranched alkanes of at least 4 members (excludes halogenated alkanes) is 31. The fourth-order valence-corrected chi connectivity index (χ4v) is 9.64. The van der Waals surface area contributed by atoms with E-state index >= 15 is 0 Å². The highest BCUT2D eigenvalue weighted by atomic mass is 16.6. The highest BCUT2D eigenvalue weighted by molar-refractivity contribution is 5.71. The van der Waals surface area contributed by atoms with Crippen LogP contribution in [0, 0.1) is 0 Å². The monoisotopic (exact) mass is 1140 g/mol. The van der Waals surface area contributed by atoms with Gasteiger partial charge in [0, 0.05) is 19.3 Å². The molecule has 0 aromatic rings. The van der Waals surface area contributed by atoms with Crippen LogP contribution in [-0.2, 0) is 28.6 Å². The molecule has 0 aromatic carbocycles. The minimum absolute atomic E-state index is 0.102. The maximum Gasteiger partial charge on any atom is 0.306 e. The zero-order valence-corrected chi connectivity index (χ0v) is 53.7. The molecule has 0 amide bonds. The van der Waals surface area contributed by atoms with Gasteiger partial charge in [0.25, 0.3) is 0 Å². The van der Waals surface area contributed by atoms with Crippen molar-refractivity contribution in [1.82, 2.24) is 0 Å². The van der Waals surface area contributed by atoms with Gasteiger partial charge in [-0.25, -0.2) is 0 Å². The van der Waals surface area contributed by atoms with Crippen molar-refractivity contribution in [3.63, 3.8) is 0 Å². The molecule has 0 fully saturated rings. The van der Waals surface area contributed by atoms with Crippen molar-refractivity contribution in [1.29, 1.82) is 0 Å². The molecule has 0 saturated carbocycles. The van der Waals surface area contributed by atoms with Gasteiger partial charge in [-0.3, -0.25) is 14.4 Å². The average molecular weight is 1140 g/mol. The molecule has 0 bridgehead atoms. The number of carbonyl (C=O) groups excluding carboxylic acids is 3. The van der Waals surface area contributed by atoms with E-state index in [9.17, 15) is 14.4 Å². The maximum absolute atomic E-state index is 12.9. The molecular weight excluding hydrogens is 1010 g/mol. The highest BCUT2D eigenvalue weighted by Gasteiger charge is 2.19. The second kappa shape index (κ2) is 69.3. The van der Waals surface area contributed by atoms with Crippen LogP contribution < -0.4 is 0 Å². The fourth-order valence-electron chi connectivity index (χ4n) is 9.64. The Morgan fingerprint density at radius 1 is 0.256 bits per heavy atom. The van der Waals surface area contributed by atoms with E-state index in [0.29, 0.717) is 19.3 Å². The fraction of sp³-hybridized carbons (Fsp3) is 0.697. The first-order valence-corrected chi connectivity index (χ1v) is 34.5. The van der Waals surface area contributed by atoms with E-state index < -0.39 is 6.10 Å². The summed E-state index contributed by atoms with van der Waals surface area (Å²) in [6, 6.07) is 0. The molecule has 0 aliphatic rings. The van der Waals surface area contributed by atoms with Crippen molar-refractivity contribution in [3.05, 3.63) is 122 Å². The molecule has 0 saturated heterocycles. The zero-order valence-electron chi connectivity index (χ0n) is 53.7. The van der Waals surface area contributed by atoms with E-state index in [0.717, 1.165) is 103 Å². The van der Waals surface area contributed by atoms with Crippen LogP contribution in [0.4, 0.5) is 0 Å². The molecule has 0 heterocycles. The third-order valence-electron chi connectivity index (χ3n) is 14.7. The van der Waals surface area contributed by atoms with Crippen molar-refractivity contribution >= 4 is 17.9 Å². The molecule has 0 radical (unpaired) electrons. The van der Waals surface area contributed by atoms with Gasteiger partial charge >= 0.3 is 17.9 Å². The minimum atomic E-state index is -0.811. The van der Waals surface area contributed by atoms with Crippen molar-refractivity contribution in [3.8, 4) is 0 Å². The van der Waals surface area contributed by atoms with Crippen LogP contribution in [0.1, 0.15) is 323 Å². The molecule has 0 rings (SSSR count). The third kappa shape index (κ3) is 66.6. The molecule has 6 heteroatoms. The summed E-state index contributed by atoms with van der Waals surface area (Å²) >= 11 is 0. The average Bonchev–Trinajstić information content (AvgIpc) is 3.47. The summed E-state index contributed by atoms with van der Waals surface area (Å²) in [5.74, 6) is -0.979. The lowest BCUT2D eigenvalue weighted by Crippen LogP contribution is -2.30. The lowest BCUT2D eigenvalue weighted by molar-refractivity contribution is -0.166. The third-order valence-corrected chi connectivity index (χ3v) is 14.7. The first-order valence-electron chi connectivity index (χ1n) is 34.5. The Kier molecular flexibility index (Phi) is 65.8. The van der Waals surface area contributed by atoms with Crippen molar-refractivity contribution < 1.29 is 28.6 Å². The molecule has 0 aliphatic heterocycles.